The van der Waals surface area contributed by atoms with Crippen LogP contribution in [0.2, 0.25) is 0 Å². The van der Waals surface area contributed by atoms with E-state index in [1.807, 2.05) is 0 Å². The molecule has 0 saturated heterocycles. The van der Waals surface area contributed by atoms with Crippen molar-refractivity contribution in [3.8, 4) is 0 Å². The molecule has 9 nitrogen and oxygen atoms in total. The van der Waals surface area contributed by atoms with E-state index in [0.29, 0.717) is 0 Å². The van der Waals surface area contributed by atoms with Crippen molar-refractivity contribution in [2.75, 3.05) is 0 Å². The normalized spacial score (nSPS) is 11.0. The minimum Gasteiger partial charge on any atom is -0.750 e. The molecule has 1 N–H and O–H groups in total. The van der Waals surface area contributed by atoms with Crippen molar-refractivity contribution >= 4 is 22.7 Å². The summed E-state index contributed by atoms with van der Waals surface area (Å²) in [5.41, 5.74) is 0.0882. The molecule has 2 aromatic rings. The van der Waals surface area contributed by atoms with Crippen LogP contribution < -0.4 is 21.2 Å². The molecule has 11 heteroatoms. The van der Waals surface area contributed by atoms with Crippen LogP contribution in [0.25, 0.3) is 0 Å². The highest BCUT2D eigenvalue weighted by molar-refractivity contribution is 7.73. The van der Waals surface area contributed by atoms with Gasteiger partial charge in [0.2, 0.25) is 7.14 Å². The molecule has 0 radical (unpaired) electrons. The highest BCUT2D eigenvalue weighted by Gasteiger charge is 2.21. The molecule has 2 rings (SSSR count). The van der Waals surface area contributed by atoms with E-state index in [9.17, 15) is 20.2 Å². The molecule has 2 aromatic carbocycles. The molecule has 0 aromatic heterocycles. The zero-order valence-electron chi connectivity index (χ0n) is 11.2. The van der Waals surface area contributed by atoms with Crippen molar-refractivity contribution in [3.05, 3.63) is 75.9 Å². The summed E-state index contributed by atoms with van der Waals surface area (Å²) >= 11 is -3.53. The summed E-state index contributed by atoms with van der Waals surface area (Å²) in [6.07, 6.45) is 0. The number of halogens is 1. The molecule has 0 amide bonds. The number of benzene rings is 2. The predicted molar refractivity (Wildman–Crippen MR) is 75.1 cm³/mol. The minimum atomic E-state index is -2.86. The first-order valence-electron chi connectivity index (χ1n) is 5.71. The van der Waals surface area contributed by atoms with Gasteiger partial charge >= 0.3 is 21.2 Å². The van der Waals surface area contributed by atoms with Crippen molar-refractivity contribution in [1.29, 1.82) is 0 Å². The molecule has 0 bridgehead atoms. The fourth-order valence-electron chi connectivity index (χ4n) is 1.42. The summed E-state index contributed by atoms with van der Waals surface area (Å²) in [5, 5.41) is 21.4. The molecule has 122 valence electrons. The number of rotatable bonds is 4. The Hall–Kier alpha value is -1.96. The van der Waals surface area contributed by atoms with Gasteiger partial charge in [-0.3, -0.25) is 20.2 Å². The molecule has 0 aliphatic heterocycles. The third kappa shape index (κ3) is 7.23. The standard InChI is InChI=1S/C12H8IN2O4.H2O3S/c16-14(17)11-5-1-3-9(7-11)13-10-4-2-6-12(8-10)15(18)19;1-4(2)3/h1-8H;(H2,1,2,3)/q+1;/p-1. The van der Waals surface area contributed by atoms with Crippen LogP contribution in [-0.4, -0.2) is 23.2 Å². The minimum absolute atomic E-state index is 0.0441. The first-order chi connectivity index (χ1) is 10.8. The van der Waals surface area contributed by atoms with Crippen molar-refractivity contribution in [2.24, 2.45) is 0 Å². The van der Waals surface area contributed by atoms with Crippen molar-refractivity contribution < 1.29 is 44.4 Å². The van der Waals surface area contributed by atoms with Gasteiger partial charge < -0.3 is 9.11 Å². The second-order valence-corrected chi connectivity index (χ2v) is 7.25. The van der Waals surface area contributed by atoms with Crippen LogP contribution in [-0.2, 0) is 11.4 Å². The van der Waals surface area contributed by atoms with Crippen LogP contribution in [0.15, 0.2) is 48.5 Å². The smallest absolute Gasteiger partial charge is 0.358 e. The Morgan fingerprint density at radius 3 is 1.57 bits per heavy atom. The molecule has 0 heterocycles. The van der Waals surface area contributed by atoms with E-state index in [1.54, 1.807) is 24.3 Å². The predicted octanol–water partition coefficient (Wildman–Crippen LogP) is -1.03. The second-order valence-electron chi connectivity index (χ2n) is 3.79. The summed E-state index contributed by atoms with van der Waals surface area (Å²) in [5.74, 6) is 0. The van der Waals surface area contributed by atoms with Gasteiger partial charge in [0, 0.05) is 12.1 Å². The lowest BCUT2D eigenvalue weighted by Crippen LogP contribution is -3.61. The molecule has 0 aliphatic rings. The highest BCUT2D eigenvalue weighted by Crippen LogP contribution is 2.09. The van der Waals surface area contributed by atoms with Crippen molar-refractivity contribution in [1.82, 2.24) is 0 Å². The van der Waals surface area contributed by atoms with Crippen LogP contribution in [0.3, 0.4) is 0 Å². The zero-order valence-corrected chi connectivity index (χ0v) is 14.2. The van der Waals surface area contributed by atoms with Gasteiger partial charge in [-0.25, -0.2) is 4.21 Å². The molecule has 23 heavy (non-hydrogen) atoms. The summed E-state index contributed by atoms with van der Waals surface area (Å²) in [4.78, 5) is 20.5. The van der Waals surface area contributed by atoms with Crippen molar-refractivity contribution in [3.63, 3.8) is 0 Å². The van der Waals surface area contributed by atoms with Crippen molar-refractivity contribution in [2.45, 2.75) is 0 Å². The maximum absolute atomic E-state index is 10.7. The van der Waals surface area contributed by atoms with Gasteiger partial charge in [-0.2, -0.15) is 0 Å². The van der Waals surface area contributed by atoms with Gasteiger partial charge in [0.1, 0.15) is 0 Å². The molecule has 0 aliphatic carbocycles. The summed E-state index contributed by atoms with van der Waals surface area (Å²) in [6.45, 7) is 0. The van der Waals surface area contributed by atoms with Gasteiger partial charge in [-0.1, -0.05) is 12.1 Å². The third-order valence-electron chi connectivity index (χ3n) is 2.26. The lowest BCUT2D eigenvalue weighted by Gasteiger charge is -1.91. The van der Waals surface area contributed by atoms with Gasteiger partial charge in [0.05, 0.1) is 33.3 Å². The van der Waals surface area contributed by atoms with Crippen LogP contribution in [0.4, 0.5) is 11.4 Å². The SMILES string of the molecule is O=S([O-])O.O=[N+]([O-])c1cccc([I+]c2cccc([N+](=O)[O-])c2)c1. The first kappa shape index (κ1) is 19.1. The maximum atomic E-state index is 10.7. The molecule has 1 unspecified atom stereocenters. The zero-order chi connectivity index (χ0) is 17.4. The van der Waals surface area contributed by atoms with E-state index in [2.05, 4.69) is 0 Å². The molecule has 0 spiro atoms. The van der Waals surface area contributed by atoms with Crippen LogP contribution >= 0.6 is 0 Å². The second kappa shape index (κ2) is 9.24. The third-order valence-corrected chi connectivity index (χ3v) is 4.84. The monoisotopic (exact) mass is 452 g/mol. The Morgan fingerprint density at radius 1 is 0.913 bits per heavy atom. The number of nitrogens with zero attached hydrogens (tertiary/aromatic N) is 2. The maximum Gasteiger partial charge on any atom is 0.358 e. The van der Waals surface area contributed by atoms with Gasteiger partial charge in [-0.15, -0.1) is 0 Å². The lowest BCUT2D eigenvalue weighted by molar-refractivity contribution is -0.598. The Bertz CT molecular complexity index is 681. The largest absolute Gasteiger partial charge is 0.750 e. The molecular formula is C12H9IN2O7S. The summed E-state index contributed by atoms with van der Waals surface area (Å²) in [7, 11) is 0. The first-order valence-corrected chi connectivity index (χ1v) is 8.90. The molecule has 1 atom stereocenters. The number of nitro groups is 2. The van der Waals surface area contributed by atoms with Gasteiger partial charge in [0.25, 0.3) is 11.4 Å². The Labute approximate surface area is 143 Å². The van der Waals surface area contributed by atoms with Gasteiger partial charge in [-0.05, 0) is 12.1 Å². The average molecular weight is 452 g/mol. The van der Waals surface area contributed by atoms with Crippen LogP contribution in [0, 0.1) is 27.4 Å². The highest BCUT2D eigenvalue weighted by atomic mass is 127. The quantitative estimate of drug-likeness (QED) is 0.270. The van der Waals surface area contributed by atoms with E-state index < -0.39 is 42.4 Å². The number of hydrogen-bond acceptors (Lipinski definition) is 6. The Kier molecular flexibility index (Phi) is 7.67. The van der Waals surface area contributed by atoms with Crippen LogP contribution in [0.5, 0.6) is 0 Å². The number of non-ortho nitro benzene ring substituents is 2. The van der Waals surface area contributed by atoms with Gasteiger partial charge in [0.15, 0.2) is 0 Å². The fraction of sp³-hybridized carbons (Fsp3) is 0. The number of hydrogen-bond donors (Lipinski definition) is 1. The fourth-order valence-corrected chi connectivity index (χ4v) is 3.87. The average Bonchev–Trinajstić information content (AvgIpc) is 2.47. The van der Waals surface area contributed by atoms with E-state index in [-0.39, 0.29) is 11.4 Å². The lowest BCUT2D eigenvalue weighted by atomic mass is 10.3. The Morgan fingerprint density at radius 2 is 1.26 bits per heavy atom. The number of nitro benzene ring substituents is 2. The molecular weight excluding hydrogens is 443 g/mol. The Balaban J connectivity index is 0.000000593. The van der Waals surface area contributed by atoms with E-state index in [1.165, 1.54) is 24.3 Å². The van der Waals surface area contributed by atoms with E-state index >= 15 is 0 Å². The summed E-state index contributed by atoms with van der Waals surface area (Å²) < 4.78 is 25.8. The summed E-state index contributed by atoms with van der Waals surface area (Å²) in [6, 6.07) is 12.8. The van der Waals surface area contributed by atoms with E-state index in [0.717, 1.165) is 7.14 Å². The molecule has 0 fully saturated rings. The van der Waals surface area contributed by atoms with Crippen LogP contribution in [0.1, 0.15) is 0 Å². The topological polar surface area (TPSA) is 147 Å². The molecule has 0 saturated carbocycles. The van der Waals surface area contributed by atoms with E-state index in [4.69, 9.17) is 13.3 Å².